The summed E-state index contributed by atoms with van der Waals surface area (Å²) in [5.74, 6) is 0. The Balaban J connectivity index is 1.65. The molecule has 2 aromatic carbocycles. The van der Waals surface area contributed by atoms with E-state index in [1.807, 2.05) is 6.07 Å². The van der Waals surface area contributed by atoms with E-state index >= 15 is 0 Å². The Labute approximate surface area is 137 Å². The SMILES string of the molecule is C(=Cc1ccc2c(c1)N1CCNCC1CC=N2)c1ccccc1. The molecule has 0 bridgehead atoms. The van der Waals surface area contributed by atoms with Gasteiger partial charge in [-0.2, -0.15) is 0 Å². The van der Waals surface area contributed by atoms with Crippen LogP contribution in [0.15, 0.2) is 53.5 Å². The number of aliphatic imine (C=N–C) groups is 1. The predicted molar refractivity (Wildman–Crippen MR) is 98.6 cm³/mol. The van der Waals surface area contributed by atoms with Crippen molar-refractivity contribution in [2.45, 2.75) is 12.5 Å². The number of nitrogens with one attached hydrogen (secondary N) is 1. The molecule has 2 heterocycles. The average Bonchev–Trinajstić information content (AvgIpc) is 2.80. The highest BCUT2D eigenvalue weighted by Crippen LogP contribution is 2.34. The molecule has 1 atom stereocenters. The summed E-state index contributed by atoms with van der Waals surface area (Å²) >= 11 is 0. The van der Waals surface area contributed by atoms with Crippen molar-refractivity contribution in [1.82, 2.24) is 5.32 Å². The van der Waals surface area contributed by atoms with Crippen LogP contribution in [0.2, 0.25) is 0 Å². The van der Waals surface area contributed by atoms with E-state index < -0.39 is 0 Å². The molecule has 1 fully saturated rings. The molecule has 1 N–H and O–H groups in total. The van der Waals surface area contributed by atoms with E-state index in [1.165, 1.54) is 16.8 Å². The van der Waals surface area contributed by atoms with Gasteiger partial charge in [0.05, 0.1) is 11.4 Å². The van der Waals surface area contributed by atoms with Crippen molar-refractivity contribution in [3.05, 3.63) is 59.7 Å². The minimum atomic E-state index is 0.516. The van der Waals surface area contributed by atoms with Crippen LogP contribution in [0.3, 0.4) is 0 Å². The van der Waals surface area contributed by atoms with Gasteiger partial charge in [-0.1, -0.05) is 48.6 Å². The third-order valence-electron chi connectivity index (χ3n) is 4.53. The van der Waals surface area contributed by atoms with Crippen LogP contribution >= 0.6 is 0 Å². The summed E-state index contributed by atoms with van der Waals surface area (Å²) in [4.78, 5) is 7.16. The maximum atomic E-state index is 4.65. The lowest BCUT2D eigenvalue weighted by atomic mass is 10.1. The normalized spacial score (nSPS) is 20.2. The van der Waals surface area contributed by atoms with Gasteiger partial charge in [0.25, 0.3) is 0 Å². The first-order valence-corrected chi connectivity index (χ1v) is 8.27. The van der Waals surface area contributed by atoms with Gasteiger partial charge in [-0.15, -0.1) is 0 Å². The molecular formula is C20H21N3. The molecule has 2 aliphatic rings. The third kappa shape index (κ3) is 3.06. The first-order chi connectivity index (χ1) is 11.4. The molecule has 0 aliphatic carbocycles. The van der Waals surface area contributed by atoms with E-state index in [0.29, 0.717) is 6.04 Å². The lowest BCUT2D eigenvalue weighted by Crippen LogP contribution is -2.51. The molecule has 3 heteroatoms. The predicted octanol–water partition coefficient (Wildman–Crippen LogP) is 3.74. The molecule has 2 aliphatic heterocycles. The average molecular weight is 303 g/mol. The zero-order chi connectivity index (χ0) is 15.5. The summed E-state index contributed by atoms with van der Waals surface area (Å²) in [6, 6.07) is 17.5. The van der Waals surface area contributed by atoms with Gasteiger partial charge in [-0.05, 0) is 23.3 Å². The molecule has 116 valence electrons. The van der Waals surface area contributed by atoms with Crippen LogP contribution in [-0.4, -0.2) is 31.9 Å². The van der Waals surface area contributed by atoms with Crippen LogP contribution in [0, 0.1) is 0 Å². The van der Waals surface area contributed by atoms with Gasteiger partial charge < -0.3 is 10.2 Å². The van der Waals surface area contributed by atoms with Crippen LogP contribution in [0.25, 0.3) is 12.2 Å². The molecular weight excluding hydrogens is 282 g/mol. The highest BCUT2D eigenvalue weighted by molar-refractivity contribution is 5.81. The van der Waals surface area contributed by atoms with E-state index in [0.717, 1.165) is 31.7 Å². The summed E-state index contributed by atoms with van der Waals surface area (Å²) in [7, 11) is 0. The summed E-state index contributed by atoms with van der Waals surface area (Å²) in [6.45, 7) is 3.13. The van der Waals surface area contributed by atoms with E-state index in [-0.39, 0.29) is 0 Å². The fraction of sp³-hybridized carbons (Fsp3) is 0.250. The molecule has 2 aromatic rings. The van der Waals surface area contributed by atoms with Gasteiger partial charge in [-0.25, -0.2) is 0 Å². The fourth-order valence-corrected chi connectivity index (χ4v) is 3.30. The maximum Gasteiger partial charge on any atom is 0.0859 e. The first-order valence-electron chi connectivity index (χ1n) is 8.27. The second kappa shape index (κ2) is 6.39. The number of benzene rings is 2. The van der Waals surface area contributed by atoms with Crippen LogP contribution in [0.1, 0.15) is 17.5 Å². The number of fused-ring (bicyclic) bond motifs is 3. The second-order valence-corrected chi connectivity index (χ2v) is 6.09. The summed E-state index contributed by atoms with van der Waals surface area (Å²) in [5, 5.41) is 3.49. The van der Waals surface area contributed by atoms with Crippen LogP contribution in [0.5, 0.6) is 0 Å². The third-order valence-corrected chi connectivity index (χ3v) is 4.53. The minimum absolute atomic E-state index is 0.516. The van der Waals surface area contributed by atoms with Crippen molar-refractivity contribution in [1.29, 1.82) is 0 Å². The van der Waals surface area contributed by atoms with Crippen molar-refractivity contribution >= 4 is 29.7 Å². The van der Waals surface area contributed by atoms with E-state index in [1.54, 1.807) is 0 Å². The molecule has 0 aromatic heterocycles. The molecule has 0 saturated carbocycles. The Morgan fingerprint density at radius 1 is 1.04 bits per heavy atom. The highest BCUT2D eigenvalue weighted by atomic mass is 15.2. The Morgan fingerprint density at radius 3 is 2.83 bits per heavy atom. The smallest absolute Gasteiger partial charge is 0.0859 e. The van der Waals surface area contributed by atoms with Crippen molar-refractivity contribution in [3.8, 4) is 0 Å². The van der Waals surface area contributed by atoms with Crippen molar-refractivity contribution in [2.24, 2.45) is 4.99 Å². The van der Waals surface area contributed by atoms with Crippen molar-refractivity contribution in [3.63, 3.8) is 0 Å². The second-order valence-electron chi connectivity index (χ2n) is 6.09. The van der Waals surface area contributed by atoms with Crippen LogP contribution in [0.4, 0.5) is 11.4 Å². The maximum absolute atomic E-state index is 4.65. The summed E-state index contributed by atoms with van der Waals surface area (Å²) < 4.78 is 0. The topological polar surface area (TPSA) is 27.6 Å². The first kappa shape index (κ1) is 14.2. The van der Waals surface area contributed by atoms with Gasteiger partial charge in [0.15, 0.2) is 0 Å². The summed E-state index contributed by atoms with van der Waals surface area (Å²) in [5.41, 5.74) is 4.80. The number of hydrogen-bond acceptors (Lipinski definition) is 3. The molecule has 4 rings (SSSR count). The Kier molecular flexibility index (Phi) is 3.95. The van der Waals surface area contributed by atoms with Crippen molar-refractivity contribution in [2.75, 3.05) is 24.5 Å². The number of hydrogen-bond donors (Lipinski definition) is 1. The van der Waals surface area contributed by atoms with E-state index in [9.17, 15) is 0 Å². The molecule has 1 saturated heterocycles. The lowest BCUT2D eigenvalue weighted by Gasteiger charge is -2.37. The Bertz CT molecular complexity index is 734. The summed E-state index contributed by atoms with van der Waals surface area (Å²) in [6.07, 6.45) is 7.42. The van der Waals surface area contributed by atoms with Gasteiger partial charge in [0, 0.05) is 38.3 Å². The minimum Gasteiger partial charge on any atom is -0.364 e. The fourth-order valence-electron chi connectivity index (χ4n) is 3.30. The molecule has 0 spiro atoms. The van der Waals surface area contributed by atoms with Gasteiger partial charge in [-0.3, -0.25) is 4.99 Å². The monoisotopic (exact) mass is 303 g/mol. The number of nitrogens with zero attached hydrogens (tertiary/aromatic N) is 2. The number of anilines is 1. The molecule has 3 nitrogen and oxygen atoms in total. The largest absolute Gasteiger partial charge is 0.364 e. The molecule has 0 radical (unpaired) electrons. The number of piperazine rings is 1. The van der Waals surface area contributed by atoms with Crippen LogP contribution < -0.4 is 10.2 Å². The van der Waals surface area contributed by atoms with E-state index in [2.05, 4.69) is 76.0 Å². The Hall–Kier alpha value is -2.39. The number of rotatable bonds is 2. The zero-order valence-electron chi connectivity index (χ0n) is 13.2. The highest BCUT2D eigenvalue weighted by Gasteiger charge is 2.25. The van der Waals surface area contributed by atoms with Gasteiger partial charge in [0.1, 0.15) is 0 Å². The molecule has 23 heavy (non-hydrogen) atoms. The Morgan fingerprint density at radius 2 is 1.91 bits per heavy atom. The van der Waals surface area contributed by atoms with Crippen molar-refractivity contribution < 1.29 is 0 Å². The lowest BCUT2D eigenvalue weighted by molar-refractivity contribution is 0.489. The van der Waals surface area contributed by atoms with Gasteiger partial charge in [0.2, 0.25) is 0 Å². The van der Waals surface area contributed by atoms with Gasteiger partial charge >= 0.3 is 0 Å². The molecule has 1 unspecified atom stereocenters. The zero-order valence-corrected chi connectivity index (χ0v) is 13.2. The quantitative estimate of drug-likeness (QED) is 0.856. The van der Waals surface area contributed by atoms with E-state index in [4.69, 9.17) is 0 Å². The molecule has 0 amide bonds. The standard InChI is InChI=1S/C20H21N3/c1-2-4-16(5-3-1)6-7-17-8-9-19-20(14-17)23-13-12-21-15-18(23)10-11-22-19/h1-9,11,14,18,21H,10,12-13,15H2. The van der Waals surface area contributed by atoms with Crippen LogP contribution in [-0.2, 0) is 0 Å².